The van der Waals surface area contributed by atoms with Crippen molar-refractivity contribution in [1.82, 2.24) is 15.5 Å². The van der Waals surface area contributed by atoms with Crippen LogP contribution in [0.15, 0.2) is 59.6 Å². The molecule has 150 valence electrons. The molecule has 2 N–H and O–H groups in total. The predicted molar refractivity (Wildman–Crippen MR) is 115 cm³/mol. The molecule has 0 aliphatic carbocycles. The highest BCUT2D eigenvalue weighted by molar-refractivity contribution is 5.79. The van der Waals surface area contributed by atoms with Crippen LogP contribution in [0.25, 0.3) is 0 Å². The van der Waals surface area contributed by atoms with Gasteiger partial charge in [0.2, 0.25) is 0 Å². The maximum absolute atomic E-state index is 5.61. The molecule has 0 saturated carbocycles. The van der Waals surface area contributed by atoms with Crippen molar-refractivity contribution >= 4 is 5.96 Å². The number of aliphatic imine (C=N–C) groups is 1. The molecule has 0 bridgehead atoms. The highest BCUT2D eigenvalue weighted by atomic mass is 16.5. The molecule has 0 radical (unpaired) electrons. The average molecular weight is 381 g/mol. The van der Waals surface area contributed by atoms with Crippen LogP contribution in [0.1, 0.15) is 35.6 Å². The van der Waals surface area contributed by atoms with Gasteiger partial charge in [-0.3, -0.25) is 9.89 Å². The fourth-order valence-electron chi connectivity index (χ4n) is 3.56. The van der Waals surface area contributed by atoms with Crippen molar-refractivity contribution in [3.63, 3.8) is 0 Å². The third-order valence-corrected chi connectivity index (χ3v) is 5.22. The fourth-order valence-corrected chi connectivity index (χ4v) is 3.56. The Balaban J connectivity index is 1.45. The summed E-state index contributed by atoms with van der Waals surface area (Å²) in [5.41, 5.74) is 3.79. The number of nitrogens with zero attached hydrogens (tertiary/aromatic N) is 2. The summed E-state index contributed by atoms with van der Waals surface area (Å²) in [6.45, 7) is 4.93. The zero-order valence-corrected chi connectivity index (χ0v) is 17.0. The van der Waals surface area contributed by atoms with Gasteiger partial charge in [0.15, 0.2) is 5.96 Å². The summed E-state index contributed by atoms with van der Waals surface area (Å²) in [6.07, 6.45) is 2.66. The summed E-state index contributed by atoms with van der Waals surface area (Å²) >= 11 is 0. The van der Waals surface area contributed by atoms with Gasteiger partial charge in [-0.1, -0.05) is 54.6 Å². The van der Waals surface area contributed by atoms with Gasteiger partial charge in [0.25, 0.3) is 0 Å². The summed E-state index contributed by atoms with van der Waals surface area (Å²) < 4.78 is 5.61. The number of benzene rings is 2. The van der Waals surface area contributed by atoms with E-state index in [4.69, 9.17) is 4.74 Å². The summed E-state index contributed by atoms with van der Waals surface area (Å²) in [5.74, 6) is 0.777. The van der Waals surface area contributed by atoms with Crippen LogP contribution in [-0.2, 0) is 17.8 Å². The number of guanidine groups is 1. The van der Waals surface area contributed by atoms with E-state index in [1.807, 2.05) is 18.2 Å². The smallest absolute Gasteiger partial charge is 0.191 e. The van der Waals surface area contributed by atoms with E-state index >= 15 is 0 Å². The monoisotopic (exact) mass is 380 g/mol. The number of rotatable bonds is 8. The Morgan fingerprint density at radius 1 is 1.00 bits per heavy atom. The highest BCUT2D eigenvalue weighted by Gasteiger charge is 2.12. The van der Waals surface area contributed by atoms with Crippen molar-refractivity contribution in [2.24, 2.45) is 4.99 Å². The van der Waals surface area contributed by atoms with E-state index in [1.165, 1.54) is 37.1 Å². The van der Waals surface area contributed by atoms with Gasteiger partial charge in [0.1, 0.15) is 0 Å². The Morgan fingerprint density at radius 3 is 2.32 bits per heavy atom. The highest BCUT2D eigenvalue weighted by Crippen LogP contribution is 2.15. The van der Waals surface area contributed by atoms with Gasteiger partial charge >= 0.3 is 0 Å². The van der Waals surface area contributed by atoms with Gasteiger partial charge in [0, 0.05) is 33.8 Å². The van der Waals surface area contributed by atoms with E-state index in [0.717, 1.165) is 24.6 Å². The van der Waals surface area contributed by atoms with E-state index < -0.39 is 0 Å². The minimum Gasteiger partial charge on any atom is -0.375 e. The van der Waals surface area contributed by atoms with E-state index in [1.54, 1.807) is 14.2 Å². The number of hydrogen-bond acceptors (Lipinski definition) is 3. The number of ether oxygens (including phenoxy) is 1. The third kappa shape index (κ3) is 6.08. The molecule has 5 nitrogen and oxygen atoms in total. The first-order valence-electron chi connectivity index (χ1n) is 10.1. The maximum Gasteiger partial charge on any atom is 0.191 e. The normalized spacial score (nSPS) is 16.1. The van der Waals surface area contributed by atoms with Gasteiger partial charge < -0.3 is 15.4 Å². The fraction of sp³-hybridized carbons (Fsp3) is 0.435. The molecule has 1 aliphatic rings. The van der Waals surface area contributed by atoms with Crippen LogP contribution in [0.5, 0.6) is 0 Å². The lowest BCUT2D eigenvalue weighted by Gasteiger charge is -2.19. The topological polar surface area (TPSA) is 48.9 Å². The Kier molecular flexibility index (Phi) is 7.88. The van der Waals surface area contributed by atoms with Crippen molar-refractivity contribution in [2.45, 2.75) is 32.0 Å². The van der Waals surface area contributed by atoms with Crippen molar-refractivity contribution < 1.29 is 4.74 Å². The largest absolute Gasteiger partial charge is 0.375 e. The molecule has 3 rings (SSSR count). The van der Waals surface area contributed by atoms with Crippen LogP contribution >= 0.6 is 0 Å². The van der Waals surface area contributed by atoms with Crippen molar-refractivity contribution in [3.05, 3.63) is 71.3 Å². The molecular weight excluding hydrogens is 348 g/mol. The third-order valence-electron chi connectivity index (χ3n) is 5.22. The molecule has 1 saturated heterocycles. The lowest BCUT2D eigenvalue weighted by Crippen LogP contribution is -2.39. The number of hydrogen-bond donors (Lipinski definition) is 2. The Morgan fingerprint density at radius 2 is 1.68 bits per heavy atom. The van der Waals surface area contributed by atoms with Gasteiger partial charge in [-0.05, 0) is 42.6 Å². The minimum atomic E-state index is -0.00961. The van der Waals surface area contributed by atoms with Crippen LogP contribution < -0.4 is 10.6 Å². The second kappa shape index (κ2) is 10.8. The molecule has 5 heteroatoms. The van der Waals surface area contributed by atoms with Crippen LogP contribution in [-0.4, -0.2) is 44.7 Å². The van der Waals surface area contributed by atoms with E-state index in [-0.39, 0.29) is 6.10 Å². The predicted octanol–water partition coefficient (Wildman–Crippen LogP) is 3.34. The van der Waals surface area contributed by atoms with E-state index in [0.29, 0.717) is 6.54 Å². The van der Waals surface area contributed by atoms with Crippen molar-refractivity contribution in [1.29, 1.82) is 0 Å². The number of methoxy groups -OCH3 is 1. The van der Waals surface area contributed by atoms with E-state index in [2.05, 4.69) is 56.9 Å². The Bertz CT molecular complexity index is 724. The first kappa shape index (κ1) is 20.4. The van der Waals surface area contributed by atoms with Gasteiger partial charge in [-0.25, -0.2) is 0 Å². The first-order chi connectivity index (χ1) is 13.8. The van der Waals surface area contributed by atoms with Crippen LogP contribution in [0.4, 0.5) is 0 Å². The minimum absolute atomic E-state index is 0.00961. The molecule has 0 spiro atoms. The second-order valence-electron chi connectivity index (χ2n) is 7.24. The van der Waals surface area contributed by atoms with Gasteiger partial charge in [-0.2, -0.15) is 0 Å². The molecule has 2 aromatic carbocycles. The van der Waals surface area contributed by atoms with E-state index in [9.17, 15) is 0 Å². The molecule has 0 aromatic heterocycles. The average Bonchev–Trinajstić information content (AvgIpc) is 3.25. The molecular formula is C23H32N4O. The summed E-state index contributed by atoms with van der Waals surface area (Å²) in [7, 11) is 3.53. The van der Waals surface area contributed by atoms with Gasteiger partial charge in [-0.15, -0.1) is 0 Å². The SMILES string of the molecule is CN=C(NCc1ccc(CN2CCCC2)cc1)NCC(OC)c1ccccc1. The van der Waals surface area contributed by atoms with Gasteiger partial charge in [0.05, 0.1) is 6.10 Å². The summed E-state index contributed by atoms with van der Waals surface area (Å²) in [5, 5.41) is 6.74. The summed E-state index contributed by atoms with van der Waals surface area (Å²) in [6, 6.07) is 19.1. The molecule has 0 amide bonds. The summed E-state index contributed by atoms with van der Waals surface area (Å²) in [4.78, 5) is 6.85. The molecule has 28 heavy (non-hydrogen) atoms. The van der Waals surface area contributed by atoms with Crippen molar-refractivity contribution in [3.8, 4) is 0 Å². The quantitative estimate of drug-likeness (QED) is 0.545. The Hall–Kier alpha value is -2.37. The van der Waals surface area contributed by atoms with Crippen molar-refractivity contribution in [2.75, 3.05) is 33.8 Å². The molecule has 1 atom stereocenters. The molecule has 1 heterocycles. The molecule has 1 fully saturated rings. The van der Waals surface area contributed by atoms with Crippen LogP contribution in [0, 0.1) is 0 Å². The first-order valence-corrected chi connectivity index (χ1v) is 10.1. The number of nitrogens with one attached hydrogen (secondary N) is 2. The Labute approximate surface area is 168 Å². The molecule has 1 unspecified atom stereocenters. The van der Waals surface area contributed by atoms with Crippen LogP contribution in [0.2, 0.25) is 0 Å². The maximum atomic E-state index is 5.61. The second-order valence-corrected chi connectivity index (χ2v) is 7.24. The van der Waals surface area contributed by atoms with Crippen LogP contribution in [0.3, 0.4) is 0 Å². The molecule has 1 aliphatic heterocycles. The zero-order valence-electron chi connectivity index (χ0n) is 17.0. The molecule has 2 aromatic rings. The standard InChI is InChI=1S/C23H32N4O/c1-24-23(26-17-22(28-2)21-8-4-3-5-9-21)25-16-19-10-12-20(13-11-19)18-27-14-6-7-15-27/h3-5,8-13,22H,6-7,14-18H2,1-2H3,(H2,24,25,26). The lowest BCUT2D eigenvalue weighted by atomic mass is 10.1. The number of likely N-dealkylation sites (tertiary alicyclic amines) is 1. The zero-order chi connectivity index (χ0) is 19.6. The lowest BCUT2D eigenvalue weighted by molar-refractivity contribution is 0.106.